The zero-order valence-corrected chi connectivity index (χ0v) is 9.13. The van der Waals surface area contributed by atoms with Crippen LogP contribution in [0.1, 0.15) is 0 Å². The highest BCUT2D eigenvalue weighted by atomic mass is 32.3. The van der Waals surface area contributed by atoms with E-state index in [0.29, 0.717) is 0 Å². The van der Waals surface area contributed by atoms with Crippen LogP contribution in [0.15, 0.2) is 0 Å². The maximum Gasteiger partial charge on any atom is 0.399 e. The van der Waals surface area contributed by atoms with Crippen LogP contribution < -0.4 is 0 Å². The molecular formula is C4H10O8S2. The highest BCUT2D eigenvalue weighted by Crippen LogP contribution is 1.96. The Hall–Kier alpha value is -0.260. The summed E-state index contributed by atoms with van der Waals surface area (Å²) in [5.74, 6) is 0. The number of hydrogen-bond acceptors (Lipinski definition) is 8. The van der Waals surface area contributed by atoms with Crippen LogP contribution >= 0.6 is 0 Å². The van der Waals surface area contributed by atoms with Crippen molar-refractivity contribution < 1.29 is 33.6 Å². The Morgan fingerprint density at radius 2 is 1.07 bits per heavy atom. The molecule has 0 radical (unpaired) electrons. The van der Waals surface area contributed by atoms with Crippen molar-refractivity contribution >= 4 is 20.8 Å². The first kappa shape index (κ1) is 13.7. The minimum atomic E-state index is -4.06. The predicted molar refractivity (Wildman–Crippen MR) is 43.8 cm³/mol. The van der Waals surface area contributed by atoms with E-state index in [1.165, 1.54) is 0 Å². The van der Waals surface area contributed by atoms with Gasteiger partial charge in [-0.3, -0.25) is 8.37 Å². The van der Waals surface area contributed by atoms with Gasteiger partial charge in [-0.2, -0.15) is 16.8 Å². The van der Waals surface area contributed by atoms with Gasteiger partial charge in [0, 0.05) is 0 Å². The summed E-state index contributed by atoms with van der Waals surface area (Å²) in [4.78, 5) is 0. The van der Waals surface area contributed by atoms with Crippen molar-refractivity contribution in [3.8, 4) is 0 Å². The Morgan fingerprint density at radius 1 is 0.786 bits per heavy atom. The molecule has 0 aliphatic rings. The third kappa shape index (κ3) is 6.23. The Bertz CT molecular complexity index is 304. The van der Waals surface area contributed by atoms with E-state index < -0.39 is 34.0 Å². The fourth-order valence-electron chi connectivity index (χ4n) is 0.368. The van der Waals surface area contributed by atoms with Crippen LogP contribution in [0.3, 0.4) is 0 Å². The summed E-state index contributed by atoms with van der Waals surface area (Å²) in [5.41, 5.74) is 0. The SMILES string of the molecule is COS(=O)(=O)OCCOS(=O)(=O)OC. The molecule has 0 fully saturated rings. The standard InChI is InChI=1S/C4H10O8S2/c1-9-13(5,6)11-3-4-12-14(7,8)10-2/h3-4H2,1-2H3. The van der Waals surface area contributed by atoms with Crippen molar-refractivity contribution in [1.29, 1.82) is 0 Å². The molecule has 0 aromatic rings. The van der Waals surface area contributed by atoms with Gasteiger partial charge in [0.05, 0.1) is 27.4 Å². The molecule has 10 heteroatoms. The van der Waals surface area contributed by atoms with Crippen molar-refractivity contribution in [3.63, 3.8) is 0 Å². The van der Waals surface area contributed by atoms with Crippen LogP contribution in [-0.2, 0) is 37.5 Å². The van der Waals surface area contributed by atoms with Crippen molar-refractivity contribution in [2.75, 3.05) is 27.4 Å². The monoisotopic (exact) mass is 250 g/mol. The molecule has 8 nitrogen and oxygen atoms in total. The number of hydrogen-bond donors (Lipinski definition) is 0. The van der Waals surface area contributed by atoms with Crippen LogP contribution in [0.5, 0.6) is 0 Å². The van der Waals surface area contributed by atoms with Crippen LogP contribution in [-0.4, -0.2) is 44.3 Å². The first-order chi connectivity index (χ1) is 6.33. The fraction of sp³-hybridized carbons (Fsp3) is 1.00. The van der Waals surface area contributed by atoms with Gasteiger partial charge in [-0.25, -0.2) is 8.37 Å². The van der Waals surface area contributed by atoms with Crippen LogP contribution in [0, 0.1) is 0 Å². The maximum absolute atomic E-state index is 10.5. The third-order valence-electron chi connectivity index (χ3n) is 0.947. The molecule has 0 unspecified atom stereocenters. The molecule has 0 aliphatic heterocycles. The van der Waals surface area contributed by atoms with Gasteiger partial charge in [-0.05, 0) is 0 Å². The summed E-state index contributed by atoms with van der Waals surface area (Å²) in [6.07, 6.45) is 0. The average Bonchev–Trinajstić information content (AvgIpc) is 2.13. The van der Waals surface area contributed by atoms with Gasteiger partial charge in [-0.15, -0.1) is 0 Å². The molecule has 0 spiro atoms. The smallest absolute Gasteiger partial charge is 0.252 e. The van der Waals surface area contributed by atoms with E-state index in [0.717, 1.165) is 14.2 Å². The first-order valence-corrected chi connectivity index (χ1v) is 5.89. The lowest BCUT2D eigenvalue weighted by atomic mass is 10.8. The average molecular weight is 250 g/mol. The second-order valence-corrected chi connectivity index (χ2v) is 4.56. The highest BCUT2D eigenvalue weighted by molar-refractivity contribution is 7.82. The van der Waals surface area contributed by atoms with Gasteiger partial charge in [0.1, 0.15) is 0 Å². The van der Waals surface area contributed by atoms with Crippen LogP contribution in [0.2, 0.25) is 0 Å². The maximum atomic E-state index is 10.5. The lowest BCUT2D eigenvalue weighted by Crippen LogP contribution is -2.15. The molecule has 0 bridgehead atoms. The molecule has 0 aromatic carbocycles. The van der Waals surface area contributed by atoms with E-state index in [-0.39, 0.29) is 0 Å². The second-order valence-electron chi connectivity index (χ2n) is 1.79. The van der Waals surface area contributed by atoms with E-state index in [1.807, 2.05) is 0 Å². The van der Waals surface area contributed by atoms with Gasteiger partial charge in [0.15, 0.2) is 0 Å². The predicted octanol–water partition coefficient (Wildman–Crippen LogP) is -1.20. The van der Waals surface area contributed by atoms with Crippen molar-refractivity contribution in [2.24, 2.45) is 0 Å². The lowest BCUT2D eigenvalue weighted by Gasteiger charge is -2.03. The van der Waals surface area contributed by atoms with Gasteiger partial charge < -0.3 is 0 Å². The lowest BCUT2D eigenvalue weighted by molar-refractivity contribution is 0.175. The summed E-state index contributed by atoms with van der Waals surface area (Å²) in [5, 5.41) is 0. The van der Waals surface area contributed by atoms with Crippen molar-refractivity contribution in [3.05, 3.63) is 0 Å². The molecule has 0 atom stereocenters. The fourth-order valence-corrected chi connectivity index (χ4v) is 1.11. The summed E-state index contributed by atoms with van der Waals surface area (Å²) >= 11 is 0. The van der Waals surface area contributed by atoms with E-state index in [2.05, 4.69) is 16.7 Å². The molecule has 0 aliphatic carbocycles. The van der Waals surface area contributed by atoms with Crippen molar-refractivity contribution in [2.45, 2.75) is 0 Å². The molecule has 14 heavy (non-hydrogen) atoms. The molecule has 0 amide bonds. The molecule has 0 aromatic heterocycles. The van der Waals surface area contributed by atoms with Gasteiger partial charge in [0.25, 0.3) is 0 Å². The Balaban J connectivity index is 3.79. The Labute approximate surface area is 82.4 Å². The highest BCUT2D eigenvalue weighted by Gasteiger charge is 2.11. The molecule has 0 rings (SSSR count). The zero-order chi connectivity index (χ0) is 11.2. The zero-order valence-electron chi connectivity index (χ0n) is 7.50. The third-order valence-corrected chi connectivity index (χ3v) is 2.67. The summed E-state index contributed by atoms with van der Waals surface area (Å²) in [7, 11) is -6.31. The van der Waals surface area contributed by atoms with Gasteiger partial charge >= 0.3 is 20.8 Å². The van der Waals surface area contributed by atoms with Gasteiger partial charge in [0.2, 0.25) is 0 Å². The summed E-state index contributed by atoms with van der Waals surface area (Å²) in [6, 6.07) is 0. The topological polar surface area (TPSA) is 105 Å². The molecule has 0 saturated carbocycles. The quantitative estimate of drug-likeness (QED) is 0.519. The normalized spacial score (nSPS) is 13.0. The van der Waals surface area contributed by atoms with Crippen LogP contribution in [0.25, 0.3) is 0 Å². The number of rotatable bonds is 7. The minimum Gasteiger partial charge on any atom is -0.252 e. The largest absolute Gasteiger partial charge is 0.399 e. The van der Waals surface area contributed by atoms with E-state index in [4.69, 9.17) is 0 Å². The van der Waals surface area contributed by atoms with E-state index in [9.17, 15) is 16.8 Å². The Kier molecular flexibility index (Phi) is 5.48. The van der Waals surface area contributed by atoms with Crippen LogP contribution in [0.4, 0.5) is 0 Å². The summed E-state index contributed by atoms with van der Waals surface area (Å²) < 4.78 is 58.1. The molecular weight excluding hydrogens is 240 g/mol. The van der Waals surface area contributed by atoms with Crippen molar-refractivity contribution in [1.82, 2.24) is 0 Å². The van der Waals surface area contributed by atoms with E-state index in [1.54, 1.807) is 0 Å². The minimum absolute atomic E-state index is 0.487. The molecule has 0 saturated heterocycles. The second kappa shape index (κ2) is 5.58. The first-order valence-electron chi connectivity index (χ1n) is 3.23. The molecule has 0 heterocycles. The Morgan fingerprint density at radius 3 is 1.29 bits per heavy atom. The molecule has 0 N–H and O–H groups in total. The summed E-state index contributed by atoms with van der Waals surface area (Å²) in [6.45, 7) is -0.975. The van der Waals surface area contributed by atoms with E-state index >= 15 is 0 Å². The molecule has 86 valence electrons. The van der Waals surface area contributed by atoms with Gasteiger partial charge in [-0.1, -0.05) is 0 Å².